The summed E-state index contributed by atoms with van der Waals surface area (Å²) < 4.78 is 5.31. The zero-order valence-corrected chi connectivity index (χ0v) is 16.5. The number of benzene rings is 1. The minimum absolute atomic E-state index is 0.0754. The van der Waals surface area contributed by atoms with E-state index in [1.54, 1.807) is 36.8 Å². The summed E-state index contributed by atoms with van der Waals surface area (Å²) in [6.07, 6.45) is 6.96. The monoisotopic (exact) mass is 394 g/mol. The summed E-state index contributed by atoms with van der Waals surface area (Å²) in [5, 5.41) is 4.11. The van der Waals surface area contributed by atoms with Crippen molar-refractivity contribution < 1.29 is 9.53 Å². The van der Waals surface area contributed by atoms with Gasteiger partial charge in [0, 0.05) is 37.0 Å². The number of carbonyl (C=O) groups excluding carboxylic acids is 1. The van der Waals surface area contributed by atoms with Gasteiger partial charge >= 0.3 is 0 Å². The predicted octanol–water partition coefficient (Wildman–Crippen LogP) is 3.50. The molecule has 1 aliphatic heterocycles. The van der Waals surface area contributed by atoms with Crippen LogP contribution in [0.1, 0.15) is 18.4 Å². The van der Waals surface area contributed by atoms with Gasteiger partial charge in [0.15, 0.2) is 5.13 Å². The molecule has 28 heavy (non-hydrogen) atoms. The lowest BCUT2D eigenvalue weighted by Crippen LogP contribution is -2.44. The highest BCUT2D eigenvalue weighted by molar-refractivity contribution is 7.21. The van der Waals surface area contributed by atoms with E-state index in [4.69, 9.17) is 4.74 Å². The maximum absolute atomic E-state index is 12.3. The van der Waals surface area contributed by atoms with Gasteiger partial charge in [-0.15, -0.1) is 0 Å². The van der Waals surface area contributed by atoms with E-state index < -0.39 is 0 Å². The molecule has 1 N–H and O–H groups in total. The number of pyridine rings is 1. The average molecular weight is 395 g/mol. The van der Waals surface area contributed by atoms with Gasteiger partial charge in [0.1, 0.15) is 16.1 Å². The molecule has 7 heteroatoms. The largest absolute Gasteiger partial charge is 0.496 e. The van der Waals surface area contributed by atoms with Gasteiger partial charge in [-0.2, -0.15) is 0 Å². The fraction of sp³-hybridized carbons (Fsp3) is 0.286. The fourth-order valence-corrected chi connectivity index (χ4v) is 4.29. The second-order valence-electron chi connectivity index (χ2n) is 6.67. The Labute approximate surface area is 167 Å². The van der Waals surface area contributed by atoms with Gasteiger partial charge in [-0.25, -0.2) is 9.97 Å². The van der Waals surface area contributed by atoms with Crippen molar-refractivity contribution in [2.75, 3.05) is 25.1 Å². The number of methoxy groups -OCH3 is 1. The van der Waals surface area contributed by atoms with Crippen molar-refractivity contribution in [3.63, 3.8) is 0 Å². The highest BCUT2D eigenvalue weighted by Crippen LogP contribution is 2.29. The smallest absolute Gasteiger partial charge is 0.244 e. The van der Waals surface area contributed by atoms with E-state index in [1.165, 1.54) is 0 Å². The van der Waals surface area contributed by atoms with Gasteiger partial charge in [0.25, 0.3) is 0 Å². The van der Waals surface area contributed by atoms with Crippen molar-refractivity contribution in [2.45, 2.75) is 18.9 Å². The molecule has 3 heterocycles. The molecule has 4 rings (SSSR count). The van der Waals surface area contributed by atoms with Crippen LogP contribution in [0.4, 0.5) is 5.13 Å². The van der Waals surface area contributed by atoms with Crippen molar-refractivity contribution in [1.82, 2.24) is 15.3 Å². The van der Waals surface area contributed by atoms with Gasteiger partial charge in [0.2, 0.25) is 5.91 Å². The molecule has 0 spiro atoms. The lowest BCUT2D eigenvalue weighted by molar-refractivity contribution is -0.117. The van der Waals surface area contributed by atoms with E-state index in [1.807, 2.05) is 36.4 Å². The first-order valence-electron chi connectivity index (χ1n) is 9.31. The van der Waals surface area contributed by atoms with Crippen LogP contribution in [0.3, 0.4) is 0 Å². The second kappa shape index (κ2) is 8.39. The summed E-state index contributed by atoms with van der Waals surface area (Å²) in [5.74, 6) is 0.679. The number of thiazole rings is 1. The van der Waals surface area contributed by atoms with E-state index in [2.05, 4.69) is 20.2 Å². The summed E-state index contributed by atoms with van der Waals surface area (Å²) in [4.78, 5) is 24.6. The van der Waals surface area contributed by atoms with Crippen LogP contribution < -0.4 is 15.0 Å². The Morgan fingerprint density at radius 3 is 2.86 bits per heavy atom. The predicted molar refractivity (Wildman–Crippen MR) is 113 cm³/mol. The molecular weight excluding hydrogens is 372 g/mol. The van der Waals surface area contributed by atoms with Crippen LogP contribution in [0.25, 0.3) is 16.4 Å². The molecule has 1 fully saturated rings. The van der Waals surface area contributed by atoms with Crippen molar-refractivity contribution in [3.05, 3.63) is 54.2 Å². The molecule has 1 saturated heterocycles. The Hall–Kier alpha value is -2.93. The lowest BCUT2D eigenvalue weighted by atomic mass is 10.1. The molecular formula is C21H22N4O2S. The van der Waals surface area contributed by atoms with Crippen molar-refractivity contribution in [1.29, 1.82) is 0 Å². The second-order valence-corrected chi connectivity index (χ2v) is 7.63. The molecule has 0 unspecified atom stereocenters. The molecule has 0 atom stereocenters. The van der Waals surface area contributed by atoms with Crippen LogP contribution in [0.15, 0.2) is 48.7 Å². The van der Waals surface area contributed by atoms with E-state index in [9.17, 15) is 4.79 Å². The minimum Gasteiger partial charge on any atom is -0.496 e. The third kappa shape index (κ3) is 4.14. The van der Waals surface area contributed by atoms with Crippen molar-refractivity contribution >= 4 is 38.8 Å². The first-order chi connectivity index (χ1) is 13.7. The fourth-order valence-electron chi connectivity index (χ4n) is 3.33. The maximum atomic E-state index is 12.3. The molecule has 0 aliphatic carbocycles. The van der Waals surface area contributed by atoms with Gasteiger partial charge in [-0.1, -0.05) is 29.5 Å². The Kier molecular flexibility index (Phi) is 5.53. The highest BCUT2D eigenvalue weighted by atomic mass is 32.1. The number of anilines is 1. The number of rotatable bonds is 5. The third-order valence-corrected chi connectivity index (χ3v) is 5.86. The Balaban J connectivity index is 1.31. The quantitative estimate of drug-likeness (QED) is 0.671. The summed E-state index contributed by atoms with van der Waals surface area (Å²) in [6, 6.07) is 11.7. The first kappa shape index (κ1) is 18.4. The molecule has 2 aromatic heterocycles. The number of hydrogen-bond acceptors (Lipinski definition) is 6. The van der Waals surface area contributed by atoms with Crippen molar-refractivity contribution in [2.24, 2.45) is 0 Å². The Morgan fingerprint density at radius 2 is 2.07 bits per heavy atom. The first-order valence-corrected chi connectivity index (χ1v) is 10.1. The zero-order valence-electron chi connectivity index (χ0n) is 15.7. The summed E-state index contributed by atoms with van der Waals surface area (Å²) in [5.41, 5.74) is 1.83. The van der Waals surface area contributed by atoms with Crippen LogP contribution in [-0.2, 0) is 4.79 Å². The normalized spacial score (nSPS) is 15.2. The van der Waals surface area contributed by atoms with E-state index in [0.717, 1.165) is 52.7 Å². The molecule has 1 aromatic carbocycles. The third-order valence-electron chi connectivity index (χ3n) is 4.82. The number of fused-ring (bicyclic) bond motifs is 1. The zero-order chi connectivity index (χ0) is 19.3. The lowest BCUT2D eigenvalue weighted by Gasteiger charge is -2.31. The van der Waals surface area contributed by atoms with Gasteiger partial charge in [-0.05, 0) is 37.1 Å². The topological polar surface area (TPSA) is 67.3 Å². The molecule has 0 bridgehead atoms. The van der Waals surface area contributed by atoms with Crippen LogP contribution in [0, 0.1) is 0 Å². The van der Waals surface area contributed by atoms with E-state index in [-0.39, 0.29) is 11.9 Å². The number of nitrogens with one attached hydrogen (secondary N) is 1. The van der Waals surface area contributed by atoms with Crippen molar-refractivity contribution in [3.8, 4) is 5.75 Å². The van der Waals surface area contributed by atoms with E-state index >= 15 is 0 Å². The molecule has 1 amide bonds. The standard InChI is InChI=1S/C21H22N4O2S/c1-27-18-7-3-2-5-15(18)8-9-19(26)23-16-10-13-25(14-11-16)21-24-17-6-4-12-22-20(17)28-21/h2-9,12,16H,10-11,13-14H2,1H3,(H,23,26)/b9-8+. The van der Waals surface area contributed by atoms with Gasteiger partial charge in [0.05, 0.1) is 7.11 Å². The van der Waals surface area contributed by atoms with Crippen LogP contribution >= 0.6 is 11.3 Å². The Morgan fingerprint density at radius 1 is 1.25 bits per heavy atom. The van der Waals surface area contributed by atoms with E-state index in [0.29, 0.717) is 0 Å². The van der Waals surface area contributed by atoms with Crippen LogP contribution in [-0.4, -0.2) is 42.1 Å². The number of ether oxygens (including phenoxy) is 1. The Bertz CT molecular complexity index is 960. The van der Waals surface area contributed by atoms with Crippen LogP contribution in [0.5, 0.6) is 5.75 Å². The minimum atomic E-state index is -0.0754. The molecule has 6 nitrogen and oxygen atoms in total. The molecule has 0 radical (unpaired) electrons. The van der Waals surface area contributed by atoms with Gasteiger partial charge < -0.3 is 15.0 Å². The number of aromatic nitrogens is 2. The van der Waals surface area contributed by atoms with Gasteiger partial charge in [-0.3, -0.25) is 4.79 Å². The molecule has 144 valence electrons. The number of nitrogens with zero attached hydrogens (tertiary/aromatic N) is 3. The van der Waals surface area contributed by atoms with Crippen LogP contribution in [0.2, 0.25) is 0 Å². The number of piperidine rings is 1. The molecule has 3 aromatic rings. The number of hydrogen-bond donors (Lipinski definition) is 1. The molecule has 0 saturated carbocycles. The molecule has 1 aliphatic rings. The number of carbonyl (C=O) groups is 1. The SMILES string of the molecule is COc1ccccc1/C=C/C(=O)NC1CCN(c2nc3cccnc3s2)CC1. The number of amides is 1. The maximum Gasteiger partial charge on any atom is 0.244 e. The highest BCUT2D eigenvalue weighted by Gasteiger charge is 2.22. The average Bonchev–Trinajstić information content (AvgIpc) is 3.17. The number of para-hydroxylation sites is 1. The summed E-state index contributed by atoms with van der Waals surface area (Å²) in [6.45, 7) is 1.75. The summed E-state index contributed by atoms with van der Waals surface area (Å²) in [7, 11) is 1.63. The summed E-state index contributed by atoms with van der Waals surface area (Å²) >= 11 is 1.62.